The monoisotopic (exact) mass is 306 g/mol. The van der Waals surface area contributed by atoms with Gasteiger partial charge in [0.25, 0.3) is 0 Å². The molecule has 0 aromatic carbocycles. The van der Waals surface area contributed by atoms with E-state index in [1.807, 2.05) is 0 Å². The Kier molecular flexibility index (Phi) is 4.16. The summed E-state index contributed by atoms with van der Waals surface area (Å²) in [6.45, 7) is 6.41. The fraction of sp³-hybridized carbons (Fsp3) is 0.944. The maximum atomic E-state index is 12.2. The maximum absolute atomic E-state index is 12.2. The Balaban J connectivity index is 1.20. The van der Waals surface area contributed by atoms with Crippen molar-refractivity contribution in [1.29, 1.82) is 0 Å². The first-order valence-corrected chi connectivity index (χ1v) is 9.39. The van der Waals surface area contributed by atoms with E-state index in [1.165, 1.54) is 51.7 Å². The number of rotatable bonds is 3. The van der Waals surface area contributed by atoms with Crippen LogP contribution in [0.4, 0.5) is 0 Å². The minimum Gasteiger partial charge on any atom is -0.371 e. The van der Waals surface area contributed by atoms with E-state index in [2.05, 4.69) is 9.80 Å². The molecule has 22 heavy (non-hydrogen) atoms. The highest BCUT2D eigenvalue weighted by Crippen LogP contribution is 2.39. The molecule has 1 unspecified atom stereocenters. The molecule has 1 atom stereocenters. The number of carbonyl (C=O) groups is 1. The summed E-state index contributed by atoms with van der Waals surface area (Å²) in [5.74, 6) is 1.45. The zero-order valence-corrected chi connectivity index (χ0v) is 13.8. The Hall–Kier alpha value is -0.610. The van der Waals surface area contributed by atoms with E-state index in [0.29, 0.717) is 17.7 Å². The molecule has 4 nitrogen and oxygen atoms in total. The predicted molar refractivity (Wildman–Crippen MR) is 85.6 cm³/mol. The largest absolute Gasteiger partial charge is 0.371 e. The van der Waals surface area contributed by atoms with Crippen molar-refractivity contribution < 1.29 is 9.53 Å². The van der Waals surface area contributed by atoms with Crippen LogP contribution in [0.3, 0.4) is 0 Å². The average Bonchev–Trinajstić information content (AvgIpc) is 2.45. The summed E-state index contributed by atoms with van der Waals surface area (Å²) in [6, 6.07) is 0. The highest BCUT2D eigenvalue weighted by Gasteiger charge is 2.49. The quantitative estimate of drug-likeness (QED) is 0.802. The number of nitrogens with zero attached hydrogens (tertiary/aromatic N) is 2. The van der Waals surface area contributed by atoms with Gasteiger partial charge in [-0.3, -0.25) is 4.79 Å². The van der Waals surface area contributed by atoms with Gasteiger partial charge in [-0.05, 0) is 57.5 Å². The fourth-order valence-electron chi connectivity index (χ4n) is 4.54. The molecule has 4 heteroatoms. The number of hydrogen-bond donors (Lipinski definition) is 0. The third-order valence-electron chi connectivity index (χ3n) is 6.32. The average molecular weight is 306 g/mol. The lowest BCUT2D eigenvalue weighted by Crippen LogP contribution is -2.67. The zero-order chi connectivity index (χ0) is 15.0. The van der Waals surface area contributed by atoms with Gasteiger partial charge in [0.05, 0.1) is 19.7 Å². The SMILES string of the molecule is O=C(C1CCC1)N1CC2(CCC(CN3CCCCC3)CO2)C1. The first-order chi connectivity index (χ1) is 10.7. The molecule has 0 aromatic rings. The molecule has 1 amide bonds. The molecule has 3 heterocycles. The van der Waals surface area contributed by atoms with Crippen molar-refractivity contribution in [1.82, 2.24) is 9.80 Å². The van der Waals surface area contributed by atoms with Gasteiger partial charge in [-0.25, -0.2) is 0 Å². The van der Waals surface area contributed by atoms with Crippen molar-refractivity contribution in [2.45, 2.75) is 57.0 Å². The second kappa shape index (κ2) is 6.12. The number of likely N-dealkylation sites (tertiary alicyclic amines) is 2. The van der Waals surface area contributed by atoms with Gasteiger partial charge in [-0.15, -0.1) is 0 Å². The number of piperidine rings is 1. The lowest BCUT2D eigenvalue weighted by molar-refractivity contribution is -0.193. The maximum Gasteiger partial charge on any atom is 0.225 e. The van der Waals surface area contributed by atoms with Crippen molar-refractivity contribution in [2.24, 2.45) is 11.8 Å². The van der Waals surface area contributed by atoms with E-state index in [9.17, 15) is 4.79 Å². The van der Waals surface area contributed by atoms with Crippen molar-refractivity contribution in [3.63, 3.8) is 0 Å². The van der Waals surface area contributed by atoms with E-state index >= 15 is 0 Å². The van der Waals surface area contributed by atoms with Crippen molar-refractivity contribution in [2.75, 3.05) is 39.3 Å². The molecule has 0 N–H and O–H groups in total. The Morgan fingerprint density at radius 2 is 1.82 bits per heavy atom. The number of ether oxygens (including phenoxy) is 1. The van der Waals surface area contributed by atoms with Crippen LogP contribution in [-0.2, 0) is 9.53 Å². The van der Waals surface area contributed by atoms with Crippen LogP contribution in [0.25, 0.3) is 0 Å². The summed E-state index contributed by atoms with van der Waals surface area (Å²) >= 11 is 0. The van der Waals surface area contributed by atoms with Crippen LogP contribution >= 0.6 is 0 Å². The summed E-state index contributed by atoms with van der Waals surface area (Å²) in [5.41, 5.74) is 0.0256. The van der Waals surface area contributed by atoms with Gasteiger partial charge in [-0.1, -0.05) is 12.8 Å². The molecule has 1 saturated carbocycles. The highest BCUT2D eigenvalue weighted by molar-refractivity contribution is 5.80. The molecule has 0 aromatic heterocycles. The van der Waals surface area contributed by atoms with Crippen LogP contribution in [0.15, 0.2) is 0 Å². The summed E-state index contributed by atoms with van der Waals surface area (Å²) < 4.78 is 6.25. The molecule has 124 valence electrons. The first kappa shape index (κ1) is 14.9. The summed E-state index contributed by atoms with van der Waals surface area (Å²) in [5, 5.41) is 0. The minimum atomic E-state index is 0.0256. The topological polar surface area (TPSA) is 32.8 Å². The normalized spacial score (nSPS) is 32.5. The summed E-state index contributed by atoms with van der Waals surface area (Å²) in [6.07, 6.45) is 10.0. The van der Waals surface area contributed by atoms with Crippen LogP contribution in [0.2, 0.25) is 0 Å². The van der Waals surface area contributed by atoms with Gasteiger partial charge in [0.15, 0.2) is 0 Å². The zero-order valence-electron chi connectivity index (χ0n) is 13.8. The van der Waals surface area contributed by atoms with E-state index in [1.54, 1.807) is 0 Å². The van der Waals surface area contributed by atoms with E-state index in [0.717, 1.165) is 39.0 Å². The number of hydrogen-bond acceptors (Lipinski definition) is 3. The van der Waals surface area contributed by atoms with Gasteiger partial charge < -0.3 is 14.5 Å². The van der Waals surface area contributed by atoms with Gasteiger partial charge in [0, 0.05) is 12.5 Å². The molecule has 3 aliphatic heterocycles. The molecule has 1 aliphatic carbocycles. The fourth-order valence-corrected chi connectivity index (χ4v) is 4.54. The smallest absolute Gasteiger partial charge is 0.225 e. The first-order valence-electron chi connectivity index (χ1n) is 9.39. The molecule has 0 radical (unpaired) electrons. The molecule has 3 saturated heterocycles. The Labute approximate surface area is 134 Å². The molecule has 1 spiro atoms. The van der Waals surface area contributed by atoms with E-state index < -0.39 is 0 Å². The van der Waals surface area contributed by atoms with Gasteiger partial charge in [0.2, 0.25) is 5.91 Å². The van der Waals surface area contributed by atoms with Gasteiger partial charge in [0.1, 0.15) is 5.60 Å². The third kappa shape index (κ3) is 2.92. The van der Waals surface area contributed by atoms with Crippen molar-refractivity contribution >= 4 is 5.91 Å². The standard InChI is InChI=1S/C18H30N2O2/c21-17(16-5-4-6-16)20-13-18(14-20)8-7-15(12-22-18)11-19-9-2-1-3-10-19/h15-16H,1-14H2. The minimum absolute atomic E-state index is 0.0256. The number of amides is 1. The molecular formula is C18H30N2O2. The Morgan fingerprint density at radius 1 is 1.05 bits per heavy atom. The number of carbonyl (C=O) groups excluding carboxylic acids is 1. The molecule has 0 bridgehead atoms. The lowest BCUT2D eigenvalue weighted by Gasteiger charge is -2.54. The molecular weight excluding hydrogens is 276 g/mol. The van der Waals surface area contributed by atoms with Crippen LogP contribution in [0.5, 0.6) is 0 Å². The van der Waals surface area contributed by atoms with Crippen molar-refractivity contribution in [3.05, 3.63) is 0 Å². The molecule has 4 rings (SSSR count). The Morgan fingerprint density at radius 3 is 2.41 bits per heavy atom. The summed E-state index contributed by atoms with van der Waals surface area (Å²) in [7, 11) is 0. The second-order valence-corrected chi connectivity index (χ2v) is 8.08. The van der Waals surface area contributed by atoms with Crippen LogP contribution in [0.1, 0.15) is 51.4 Å². The predicted octanol–water partition coefficient (Wildman–Crippen LogP) is 2.28. The van der Waals surface area contributed by atoms with Gasteiger partial charge >= 0.3 is 0 Å². The lowest BCUT2D eigenvalue weighted by atomic mass is 9.79. The van der Waals surface area contributed by atoms with Crippen LogP contribution in [-0.4, -0.2) is 60.6 Å². The molecule has 4 fully saturated rings. The third-order valence-corrected chi connectivity index (χ3v) is 6.32. The van der Waals surface area contributed by atoms with E-state index in [4.69, 9.17) is 4.74 Å². The van der Waals surface area contributed by atoms with Crippen molar-refractivity contribution in [3.8, 4) is 0 Å². The Bertz CT molecular complexity index is 399. The second-order valence-electron chi connectivity index (χ2n) is 8.08. The van der Waals surface area contributed by atoms with Gasteiger partial charge in [-0.2, -0.15) is 0 Å². The highest BCUT2D eigenvalue weighted by atomic mass is 16.5. The summed E-state index contributed by atoms with van der Waals surface area (Å²) in [4.78, 5) is 16.9. The van der Waals surface area contributed by atoms with E-state index in [-0.39, 0.29) is 5.60 Å². The van der Waals surface area contributed by atoms with Crippen LogP contribution in [0, 0.1) is 11.8 Å². The molecule has 4 aliphatic rings. The van der Waals surface area contributed by atoms with Crippen LogP contribution < -0.4 is 0 Å².